The summed E-state index contributed by atoms with van der Waals surface area (Å²) < 4.78 is 44.0. The van der Waals surface area contributed by atoms with Crippen LogP contribution in [0, 0.1) is 0 Å². The van der Waals surface area contributed by atoms with E-state index in [0.717, 1.165) is 16.1 Å². The summed E-state index contributed by atoms with van der Waals surface area (Å²) in [5.74, 6) is -1.77. The number of hydrogen-bond donors (Lipinski definition) is 2. The van der Waals surface area contributed by atoms with Crippen molar-refractivity contribution in [3.05, 3.63) is 34.4 Å². The van der Waals surface area contributed by atoms with E-state index in [1.807, 2.05) is 6.92 Å². The summed E-state index contributed by atoms with van der Waals surface area (Å²) in [6.45, 7) is 6.66. The third-order valence-electron chi connectivity index (χ3n) is 4.56. The predicted octanol–water partition coefficient (Wildman–Crippen LogP) is 4.44. The lowest BCUT2D eigenvalue weighted by molar-refractivity contribution is -0.138. The van der Waals surface area contributed by atoms with E-state index in [9.17, 15) is 23.1 Å². The Morgan fingerprint density at radius 1 is 1.26 bits per heavy atom. The first-order valence-corrected chi connectivity index (χ1v) is 14.7. The van der Waals surface area contributed by atoms with Crippen LogP contribution in [0.3, 0.4) is 0 Å². The van der Waals surface area contributed by atoms with Crippen LogP contribution in [0.1, 0.15) is 34.1 Å². The molecule has 1 aromatic heterocycles. The average molecular weight is 626 g/mol. The zero-order valence-electron chi connectivity index (χ0n) is 21.9. The molecule has 0 radical (unpaired) electrons. The zero-order valence-corrected chi connectivity index (χ0v) is 25.1. The lowest BCUT2D eigenvalue weighted by Gasteiger charge is -2.25. The number of aliphatic carboxylic acids is 1. The molecule has 0 bridgehead atoms. The molecule has 39 heavy (non-hydrogen) atoms. The van der Waals surface area contributed by atoms with Crippen molar-refractivity contribution < 1.29 is 37.3 Å². The van der Waals surface area contributed by atoms with Gasteiger partial charge in [-0.2, -0.15) is 0 Å². The van der Waals surface area contributed by atoms with Gasteiger partial charge >= 0.3 is 12.1 Å². The Balaban J connectivity index is 2.36. The molecule has 1 amide bonds. The summed E-state index contributed by atoms with van der Waals surface area (Å²) in [6.07, 6.45) is 0.991. The van der Waals surface area contributed by atoms with E-state index in [4.69, 9.17) is 37.4 Å². The number of carbonyl (C=O) groups excluding carboxylic acids is 1. The second-order valence-electron chi connectivity index (χ2n) is 8.83. The minimum Gasteiger partial charge on any atom is -0.480 e. The van der Waals surface area contributed by atoms with Crippen LogP contribution >= 0.6 is 35.0 Å². The summed E-state index contributed by atoms with van der Waals surface area (Å²) in [6, 6.07) is 2.89. The van der Waals surface area contributed by atoms with Gasteiger partial charge < -0.3 is 24.6 Å². The van der Waals surface area contributed by atoms with Crippen LogP contribution in [0.2, 0.25) is 10.0 Å². The molecular formula is C23H30Cl2N4O8S2. The summed E-state index contributed by atoms with van der Waals surface area (Å²) in [5, 5.41) is 11.9. The number of carbonyl (C=O) groups is 2. The molecule has 0 saturated heterocycles. The van der Waals surface area contributed by atoms with Crippen molar-refractivity contribution in [3.8, 4) is 5.88 Å². The second kappa shape index (κ2) is 14.2. The molecule has 0 spiro atoms. The third kappa shape index (κ3) is 9.28. The Kier molecular flexibility index (Phi) is 11.9. The fourth-order valence-electron chi connectivity index (χ4n) is 2.86. The highest BCUT2D eigenvalue weighted by Crippen LogP contribution is 2.35. The van der Waals surface area contributed by atoms with Gasteiger partial charge in [0.2, 0.25) is 5.82 Å². The maximum Gasteiger partial charge on any atom is 0.408 e. The normalized spacial score (nSPS) is 12.5. The van der Waals surface area contributed by atoms with Gasteiger partial charge in [-0.1, -0.05) is 36.2 Å². The maximum atomic E-state index is 13.6. The molecule has 2 N–H and O–H groups in total. The first-order valence-electron chi connectivity index (χ1n) is 11.5. The average Bonchev–Trinajstić information content (AvgIpc) is 2.84. The van der Waals surface area contributed by atoms with Gasteiger partial charge in [0.25, 0.3) is 15.9 Å². The number of rotatable bonds is 13. The van der Waals surface area contributed by atoms with Gasteiger partial charge in [-0.3, -0.25) is 0 Å². The summed E-state index contributed by atoms with van der Waals surface area (Å²) in [4.78, 5) is 31.9. The molecule has 12 nitrogen and oxygen atoms in total. The number of nitrogens with zero attached hydrogens (tertiary/aromatic N) is 3. The van der Waals surface area contributed by atoms with Crippen molar-refractivity contribution in [2.75, 3.05) is 30.5 Å². The van der Waals surface area contributed by atoms with Gasteiger partial charge in [-0.05, 0) is 39.3 Å². The highest BCUT2D eigenvalue weighted by molar-refractivity contribution is 7.99. The Morgan fingerprint density at radius 2 is 1.95 bits per heavy atom. The molecule has 0 aliphatic heterocycles. The highest BCUT2D eigenvalue weighted by Gasteiger charge is 2.32. The molecule has 0 aliphatic rings. The molecule has 0 unspecified atom stereocenters. The Morgan fingerprint density at radius 3 is 2.54 bits per heavy atom. The number of hydrogen-bond acceptors (Lipinski definition) is 10. The maximum absolute atomic E-state index is 13.6. The quantitative estimate of drug-likeness (QED) is 0.184. The van der Waals surface area contributed by atoms with E-state index in [2.05, 4.69) is 15.3 Å². The molecule has 1 atom stereocenters. The number of thioether (sulfide) groups is 1. The smallest absolute Gasteiger partial charge is 0.408 e. The first kappa shape index (κ1) is 32.7. The molecule has 0 aliphatic carbocycles. The van der Waals surface area contributed by atoms with Gasteiger partial charge in [-0.15, -0.1) is 11.8 Å². The van der Waals surface area contributed by atoms with E-state index >= 15 is 0 Å². The van der Waals surface area contributed by atoms with Crippen molar-refractivity contribution in [3.63, 3.8) is 0 Å². The Bertz CT molecular complexity index is 1280. The molecule has 0 fully saturated rings. The molecule has 2 aromatic rings. The second-order valence-corrected chi connectivity index (χ2v) is 12.5. The van der Waals surface area contributed by atoms with Crippen molar-refractivity contribution in [1.82, 2.24) is 15.3 Å². The molecular weight excluding hydrogens is 595 g/mol. The number of nitrogens with one attached hydrogen (secondary N) is 1. The summed E-state index contributed by atoms with van der Waals surface area (Å²) in [5.41, 5.74) is -0.808. The topological polar surface area (TPSA) is 157 Å². The SMILES string of the molecule is CCCOCN(c1ncc(SC[C@H](NC(=O)OC(C)(C)C)C(=O)O)nc1OC)S(=O)(=O)c1cccc(Cl)c1Cl. The largest absolute Gasteiger partial charge is 0.480 e. The van der Waals surface area contributed by atoms with Crippen LogP contribution in [-0.2, 0) is 24.3 Å². The third-order valence-corrected chi connectivity index (χ3v) is 8.24. The van der Waals surface area contributed by atoms with E-state index in [1.54, 1.807) is 20.8 Å². The van der Waals surface area contributed by atoms with Crippen LogP contribution < -0.4 is 14.4 Å². The van der Waals surface area contributed by atoms with E-state index in [0.29, 0.717) is 6.42 Å². The van der Waals surface area contributed by atoms with E-state index in [1.165, 1.54) is 31.5 Å². The van der Waals surface area contributed by atoms with Crippen LogP contribution in [0.15, 0.2) is 34.3 Å². The monoisotopic (exact) mass is 624 g/mol. The molecule has 216 valence electrons. The lowest BCUT2D eigenvalue weighted by atomic mass is 10.2. The van der Waals surface area contributed by atoms with Crippen LogP contribution in [0.25, 0.3) is 0 Å². The minimum atomic E-state index is -4.34. The number of sulfonamides is 1. The van der Waals surface area contributed by atoms with Crippen LogP contribution in [0.4, 0.5) is 10.6 Å². The molecule has 0 saturated carbocycles. The van der Waals surface area contributed by atoms with Crippen molar-refractivity contribution >= 4 is 62.9 Å². The molecule has 16 heteroatoms. The lowest BCUT2D eigenvalue weighted by Crippen LogP contribution is -2.44. The number of alkyl carbamates (subject to hydrolysis) is 1. The fraction of sp³-hybridized carbons (Fsp3) is 0.478. The molecule has 1 aromatic carbocycles. The van der Waals surface area contributed by atoms with Gasteiger partial charge in [0, 0.05) is 12.4 Å². The predicted molar refractivity (Wildman–Crippen MR) is 147 cm³/mol. The van der Waals surface area contributed by atoms with Crippen LogP contribution in [0.5, 0.6) is 5.88 Å². The number of benzene rings is 1. The fourth-order valence-corrected chi connectivity index (χ4v) is 5.74. The number of halogens is 2. The highest BCUT2D eigenvalue weighted by atomic mass is 35.5. The molecule has 2 rings (SSSR count). The number of amides is 1. The van der Waals surface area contributed by atoms with E-state index < -0.39 is 40.5 Å². The number of methoxy groups -OCH3 is 1. The van der Waals surface area contributed by atoms with Gasteiger partial charge in [-0.25, -0.2) is 32.3 Å². The zero-order chi connectivity index (χ0) is 29.4. The minimum absolute atomic E-state index is 0.0462. The number of ether oxygens (including phenoxy) is 3. The molecule has 1 heterocycles. The number of aromatic nitrogens is 2. The Labute approximate surface area is 241 Å². The number of anilines is 1. The van der Waals surface area contributed by atoms with Gasteiger partial charge in [0.1, 0.15) is 28.3 Å². The first-order chi connectivity index (χ1) is 18.2. The van der Waals surface area contributed by atoms with Crippen LogP contribution in [-0.4, -0.2) is 73.4 Å². The standard InChI is InChI=1S/C23H30Cl2N4O8S2/c1-6-10-36-13-29(39(33,34)16-9-7-8-14(24)18(16)25)19-20(35-5)28-17(11-26-19)38-12-15(21(30)31)27-22(32)37-23(2,3)4/h7-9,11,15H,6,10,12-13H2,1-5H3,(H,27,32)(H,30,31)/t15-/m0/s1. The van der Waals surface area contributed by atoms with Crippen molar-refractivity contribution in [2.24, 2.45) is 0 Å². The van der Waals surface area contributed by atoms with Gasteiger partial charge in [0.05, 0.1) is 23.4 Å². The van der Waals surface area contributed by atoms with E-state index in [-0.39, 0.29) is 44.0 Å². The van der Waals surface area contributed by atoms with Crippen molar-refractivity contribution in [1.29, 1.82) is 0 Å². The van der Waals surface area contributed by atoms with Gasteiger partial charge in [0.15, 0.2) is 0 Å². The number of carboxylic acids is 1. The van der Waals surface area contributed by atoms with Crippen molar-refractivity contribution in [2.45, 2.75) is 55.7 Å². The Hall–Kier alpha value is -2.52. The summed E-state index contributed by atoms with van der Waals surface area (Å²) in [7, 11) is -3.06. The number of carboxylic acid groups (broad SMARTS) is 1. The summed E-state index contributed by atoms with van der Waals surface area (Å²) >= 11 is 13.2.